The zero-order valence-corrected chi connectivity index (χ0v) is 15.9. The molecular formula is C19H28N6O. The standard InChI is InChI=1S/C19H28N6O/c1-4-23-9-6-17(15-23)14-22(3)16(2)18(26)24-10-12-25(13-11-24)19-20-7-5-8-21-19/h5-9,15-16H,4,10-14H2,1-3H3. The molecule has 7 nitrogen and oxygen atoms in total. The van der Waals surface area contributed by atoms with Crippen LogP contribution < -0.4 is 4.90 Å². The van der Waals surface area contributed by atoms with Crippen molar-refractivity contribution in [3.8, 4) is 0 Å². The fourth-order valence-electron chi connectivity index (χ4n) is 3.24. The van der Waals surface area contributed by atoms with E-state index in [-0.39, 0.29) is 11.9 Å². The molecule has 140 valence electrons. The monoisotopic (exact) mass is 356 g/mol. The minimum Gasteiger partial charge on any atom is -0.354 e. The van der Waals surface area contributed by atoms with Gasteiger partial charge in [0.1, 0.15) is 0 Å². The Balaban J connectivity index is 1.52. The average Bonchev–Trinajstić information content (AvgIpc) is 3.15. The molecule has 1 unspecified atom stereocenters. The zero-order chi connectivity index (χ0) is 18.5. The summed E-state index contributed by atoms with van der Waals surface area (Å²) < 4.78 is 2.15. The lowest BCUT2D eigenvalue weighted by Gasteiger charge is -2.37. The molecular weight excluding hydrogens is 328 g/mol. The molecule has 3 heterocycles. The quantitative estimate of drug-likeness (QED) is 0.784. The van der Waals surface area contributed by atoms with Crippen molar-refractivity contribution >= 4 is 11.9 Å². The van der Waals surface area contributed by atoms with Crippen molar-refractivity contribution in [1.29, 1.82) is 0 Å². The minimum absolute atomic E-state index is 0.139. The molecule has 3 rings (SSSR count). The lowest BCUT2D eigenvalue weighted by Crippen LogP contribution is -2.53. The first kappa shape index (κ1) is 18.4. The Morgan fingerprint density at radius 3 is 2.54 bits per heavy atom. The van der Waals surface area contributed by atoms with Gasteiger partial charge in [0.05, 0.1) is 6.04 Å². The van der Waals surface area contributed by atoms with Crippen LogP contribution in [-0.2, 0) is 17.9 Å². The Bertz CT molecular complexity index is 708. The summed E-state index contributed by atoms with van der Waals surface area (Å²) in [5, 5.41) is 0. The van der Waals surface area contributed by atoms with E-state index in [0.29, 0.717) is 13.1 Å². The van der Waals surface area contributed by atoms with Crippen molar-refractivity contribution in [2.24, 2.45) is 0 Å². The van der Waals surface area contributed by atoms with Crippen molar-refractivity contribution < 1.29 is 4.79 Å². The predicted molar refractivity (Wildman–Crippen MR) is 102 cm³/mol. The number of carbonyl (C=O) groups excluding carboxylic acids is 1. The molecule has 1 amide bonds. The van der Waals surface area contributed by atoms with E-state index in [4.69, 9.17) is 0 Å². The van der Waals surface area contributed by atoms with Crippen molar-refractivity contribution in [2.45, 2.75) is 33.0 Å². The first-order valence-electron chi connectivity index (χ1n) is 9.24. The van der Waals surface area contributed by atoms with Crippen molar-refractivity contribution in [3.63, 3.8) is 0 Å². The fourth-order valence-corrected chi connectivity index (χ4v) is 3.24. The lowest BCUT2D eigenvalue weighted by molar-refractivity contribution is -0.136. The van der Waals surface area contributed by atoms with Gasteiger partial charge in [0.25, 0.3) is 0 Å². The lowest BCUT2D eigenvalue weighted by atomic mass is 10.2. The smallest absolute Gasteiger partial charge is 0.239 e. The van der Waals surface area contributed by atoms with Crippen LogP contribution in [0.3, 0.4) is 0 Å². The van der Waals surface area contributed by atoms with Gasteiger partial charge in [0.2, 0.25) is 11.9 Å². The van der Waals surface area contributed by atoms with Gasteiger partial charge in [-0.1, -0.05) is 0 Å². The summed E-state index contributed by atoms with van der Waals surface area (Å²) in [4.78, 5) is 27.7. The maximum absolute atomic E-state index is 12.9. The minimum atomic E-state index is -0.139. The van der Waals surface area contributed by atoms with Crippen LogP contribution in [0.1, 0.15) is 19.4 Å². The number of carbonyl (C=O) groups is 1. The summed E-state index contributed by atoms with van der Waals surface area (Å²) in [5.41, 5.74) is 1.24. The van der Waals surface area contributed by atoms with Crippen LogP contribution in [-0.4, -0.2) is 69.5 Å². The van der Waals surface area contributed by atoms with Gasteiger partial charge in [-0.3, -0.25) is 9.69 Å². The Kier molecular flexibility index (Phi) is 5.88. The van der Waals surface area contributed by atoms with Crippen LogP contribution in [0.2, 0.25) is 0 Å². The van der Waals surface area contributed by atoms with Crippen molar-refractivity contribution in [3.05, 3.63) is 42.5 Å². The van der Waals surface area contributed by atoms with E-state index >= 15 is 0 Å². The molecule has 0 bridgehead atoms. The molecule has 26 heavy (non-hydrogen) atoms. The highest BCUT2D eigenvalue weighted by Crippen LogP contribution is 2.13. The van der Waals surface area contributed by atoms with Crippen molar-refractivity contribution in [1.82, 2.24) is 24.3 Å². The number of rotatable bonds is 6. The van der Waals surface area contributed by atoms with Crippen LogP contribution in [0.5, 0.6) is 0 Å². The Morgan fingerprint density at radius 2 is 1.92 bits per heavy atom. The van der Waals surface area contributed by atoms with Crippen LogP contribution in [0.15, 0.2) is 36.9 Å². The first-order chi connectivity index (χ1) is 12.6. The molecule has 0 radical (unpaired) electrons. The van der Waals surface area contributed by atoms with E-state index in [2.05, 4.69) is 49.7 Å². The molecule has 0 aromatic carbocycles. The third-order valence-electron chi connectivity index (χ3n) is 5.05. The van der Waals surface area contributed by atoms with E-state index < -0.39 is 0 Å². The molecule has 1 saturated heterocycles. The number of aromatic nitrogens is 3. The fraction of sp³-hybridized carbons (Fsp3) is 0.526. The summed E-state index contributed by atoms with van der Waals surface area (Å²) in [7, 11) is 2.01. The molecule has 1 atom stereocenters. The van der Waals surface area contributed by atoms with Crippen LogP contribution in [0.4, 0.5) is 5.95 Å². The van der Waals surface area contributed by atoms with E-state index in [0.717, 1.165) is 32.1 Å². The number of amides is 1. The highest BCUT2D eigenvalue weighted by molar-refractivity contribution is 5.81. The van der Waals surface area contributed by atoms with E-state index in [9.17, 15) is 4.79 Å². The summed E-state index contributed by atoms with van der Waals surface area (Å²) in [5.74, 6) is 0.932. The highest BCUT2D eigenvalue weighted by atomic mass is 16.2. The van der Waals surface area contributed by atoms with Gasteiger partial charge in [-0.2, -0.15) is 0 Å². The van der Waals surface area contributed by atoms with E-state index in [1.54, 1.807) is 12.4 Å². The molecule has 2 aromatic rings. The normalized spacial score (nSPS) is 16.2. The number of anilines is 1. The number of nitrogens with zero attached hydrogens (tertiary/aromatic N) is 6. The third-order valence-corrected chi connectivity index (χ3v) is 5.05. The second-order valence-electron chi connectivity index (χ2n) is 6.80. The molecule has 2 aromatic heterocycles. The average molecular weight is 356 g/mol. The van der Waals surface area contributed by atoms with Gasteiger partial charge in [0.15, 0.2) is 0 Å². The zero-order valence-electron chi connectivity index (χ0n) is 15.9. The first-order valence-corrected chi connectivity index (χ1v) is 9.24. The van der Waals surface area contributed by atoms with Gasteiger partial charge in [-0.15, -0.1) is 0 Å². The summed E-state index contributed by atoms with van der Waals surface area (Å²) in [6, 6.07) is 3.80. The number of aryl methyl sites for hydroxylation is 1. The largest absolute Gasteiger partial charge is 0.354 e. The molecule has 0 aliphatic carbocycles. The summed E-state index contributed by atoms with van der Waals surface area (Å²) in [6.07, 6.45) is 7.73. The van der Waals surface area contributed by atoms with Crippen LogP contribution >= 0.6 is 0 Å². The third kappa shape index (κ3) is 4.22. The maximum atomic E-state index is 12.9. The van der Waals surface area contributed by atoms with Gasteiger partial charge in [-0.25, -0.2) is 9.97 Å². The van der Waals surface area contributed by atoms with E-state index in [1.807, 2.05) is 24.9 Å². The summed E-state index contributed by atoms with van der Waals surface area (Å²) in [6.45, 7) is 8.82. The number of hydrogen-bond donors (Lipinski definition) is 0. The second-order valence-corrected chi connectivity index (χ2v) is 6.80. The molecule has 0 saturated carbocycles. The van der Waals surface area contributed by atoms with Gasteiger partial charge >= 0.3 is 0 Å². The molecule has 0 spiro atoms. The molecule has 1 aliphatic heterocycles. The van der Waals surface area contributed by atoms with Crippen molar-refractivity contribution in [2.75, 3.05) is 38.1 Å². The topological polar surface area (TPSA) is 57.5 Å². The number of likely N-dealkylation sites (N-methyl/N-ethyl adjacent to an activating group) is 1. The summed E-state index contributed by atoms with van der Waals surface area (Å²) >= 11 is 0. The number of piperazine rings is 1. The molecule has 1 fully saturated rings. The Hall–Kier alpha value is -2.41. The second kappa shape index (κ2) is 8.31. The predicted octanol–water partition coefficient (Wildman–Crippen LogP) is 1.47. The molecule has 0 N–H and O–H groups in total. The maximum Gasteiger partial charge on any atom is 0.239 e. The SMILES string of the molecule is CCn1ccc(CN(C)C(C)C(=O)N2CCN(c3ncccn3)CC2)c1. The number of hydrogen-bond acceptors (Lipinski definition) is 5. The van der Waals surface area contributed by atoms with E-state index in [1.165, 1.54) is 5.56 Å². The van der Waals surface area contributed by atoms with Crippen LogP contribution in [0, 0.1) is 0 Å². The Morgan fingerprint density at radius 1 is 1.23 bits per heavy atom. The van der Waals surface area contributed by atoms with Gasteiger partial charge < -0.3 is 14.4 Å². The van der Waals surface area contributed by atoms with Crippen LogP contribution in [0.25, 0.3) is 0 Å². The molecule has 1 aliphatic rings. The highest BCUT2D eigenvalue weighted by Gasteiger charge is 2.27. The Labute approximate surface area is 155 Å². The van der Waals surface area contributed by atoms with Gasteiger partial charge in [-0.05, 0) is 38.6 Å². The van der Waals surface area contributed by atoms with Gasteiger partial charge in [0, 0.05) is 64.1 Å². The molecule has 7 heteroatoms.